The molecule has 19 atom stereocenters. The van der Waals surface area contributed by atoms with Crippen LogP contribution in [0.25, 0.3) is 0 Å². The molecule has 0 amide bonds. The van der Waals surface area contributed by atoms with Gasteiger partial charge in [-0.1, -0.05) is 43.7 Å². The summed E-state index contributed by atoms with van der Waals surface area (Å²) in [5.41, 5.74) is -3.29. The van der Waals surface area contributed by atoms with E-state index in [4.69, 9.17) is 32.6 Å². The molecule has 3 fully saturated rings. The number of benzene rings is 1. The van der Waals surface area contributed by atoms with Gasteiger partial charge >= 0.3 is 5.97 Å². The van der Waals surface area contributed by atoms with E-state index >= 15 is 0 Å². The van der Waals surface area contributed by atoms with Crippen LogP contribution in [0.2, 0.25) is 0 Å². The average Bonchev–Trinajstić information content (AvgIpc) is 3.80. The summed E-state index contributed by atoms with van der Waals surface area (Å²) >= 11 is 0. The summed E-state index contributed by atoms with van der Waals surface area (Å²) in [5, 5.41) is 67.9. The number of halogens is 1. The molecule has 0 unspecified atom stereocenters. The van der Waals surface area contributed by atoms with Crippen LogP contribution < -0.4 is 0 Å². The predicted octanol–water partition coefficient (Wildman–Crippen LogP) is 3.33. The van der Waals surface area contributed by atoms with Gasteiger partial charge in [0, 0.05) is 57.2 Å². The fourth-order valence-electron chi connectivity index (χ4n) is 10.9. The molecule has 0 aliphatic carbocycles. The Balaban J connectivity index is 1.42. The van der Waals surface area contributed by atoms with Gasteiger partial charge in [-0.2, -0.15) is 8.42 Å². The molecule has 418 valence electrons. The van der Waals surface area contributed by atoms with E-state index < -0.39 is 138 Å². The molecule has 5 rings (SSSR count). The molecule has 0 radical (unpaired) electrons. The third-order valence-electron chi connectivity index (χ3n) is 15.7. The summed E-state index contributed by atoms with van der Waals surface area (Å²) < 4.78 is 84.5. The number of rotatable bonds is 16. The van der Waals surface area contributed by atoms with Crippen LogP contribution in [-0.4, -0.2) is 203 Å². The predicted molar refractivity (Wildman–Crippen MR) is 266 cm³/mol. The smallest absolute Gasteiger partial charge is 0.311 e. The fraction of sp³-hybridized carbons (Fsp3) is 0.824. The number of cyclic esters (lactones) is 1. The standard InChI is InChI=1S/C51H86FN5O15S/c1-15-40-51(11,63)44(59)34(7)56(13)26-30(3)23-49(9,62)46(32(5)43(33(6)47(61)70-40)71-41-24-50(10,66-14)45(60)35(8)69-41)72-48-42(58)39(22-31(4)68-48)55(12)21-20-36-27-57(54-53-36)37(25-52)28-67-73(64,65)38-18-16-29(2)17-19-38/h16-19,27,30-35,37,39-46,48,58-60,62-63H,15,20-26,28H2,1-14H3/t30-,31-,32+,33-,34-,35+,37+,39+,40-,41+,42-,43+,44-,45+,46-,48+,49-,50-,51-/m1/s1. The Labute approximate surface area is 431 Å². The second-order valence-corrected chi connectivity index (χ2v) is 23.6. The lowest BCUT2D eigenvalue weighted by molar-refractivity contribution is -0.318. The number of nitrogens with zero attached hydrogens (tertiary/aromatic N) is 5. The number of methoxy groups -OCH3 is 1. The molecule has 1 aromatic heterocycles. The molecule has 22 heteroatoms. The average molecular weight is 1060 g/mol. The Hall–Kier alpha value is -2.81. The fourth-order valence-corrected chi connectivity index (χ4v) is 11.8. The van der Waals surface area contributed by atoms with Crippen molar-refractivity contribution < 1.29 is 75.7 Å². The van der Waals surface area contributed by atoms with Crippen molar-refractivity contribution in [1.82, 2.24) is 24.8 Å². The second kappa shape index (κ2) is 25.1. The molecule has 20 nitrogen and oxygen atoms in total. The first-order valence-corrected chi connectivity index (χ1v) is 27.1. The van der Waals surface area contributed by atoms with Crippen molar-refractivity contribution in [2.75, 3.05) is 47.6 Å². The number of hydrogen-bond donors (Lipinski definition) is 5. The highest BCUT2D eigenvalue weighted by atomic mass is 32.2. The third-order valence-corrected chi connectivity index (χ3v) is 17.0. The van der Waals surface area contributed by atoms with Crippen LogP contribution in [0, 0.1) is 24.7 Å². The zero-order valence-electron chi connectivity index (χ0n) is 45.3. The highest BCUT2D eigenvalue weighted by Gasteiger charge is 2.53. The van der Waals surface area contributed by atoms with Crippen LogP contribution in [0.5, 0.6) is 0 Å². The van der Waals surface area contributed by atoms with Gasteiger partial charge in [0.15, 0.2) is 12.6 Å². The van der Waals surface area contributed by atoms with E-state index in [1.54, 1.807) is 60.6 Å². The van der Waals surface area contributed by atoms with Gasteiger partial charge < -0.3 is 63.8 Å². The van der Waals surface area contributed by atoms with Gasteiger partial charge in [0.1, 0.15) is 42.7 Å². The van der Waals surface area contributed by atoms with Crippen LogP contribution in [0.15, 0.2) is 35.4 Å². The van der Waals surface area contributed by atoms with E-state index in [0.717, 1.165) is 5.56 Å². The molecule has 3 saturated heterocycles. The van der Waals surface area contributed by atoms with Gasteiger partial charge in [-0.25, -0.2) is 9.07 Å². The van der Waals surface area contributed by atoms with E-state index in [-0.39, 0.29) is 30.1 Å². The molecule has 5 N–H and O–H groups in total. The topological polar surface area (TPSA) is 254 Å². The second-order valence-electron chi connectivity index (χ2n) is 22.0. The van der Waals surface area contributed by atoms with Crippen LogP contribution >= 0.6 is 0 Å². The van der Waals surface area contributed by atoms with E-state index in [9.17, 15) is 43.1 Å². The third kappa shape index (κ3) is 14.6. The number of aryl methyl sites for hydroxylation is 1. The SMILES string of the molecule is CC[C@H]1OC(=O)[C@H](C)[C@@H](O[C@H]2C[C@@](C)(OC)[C@@H](O)[C@H](C)O2)[C@H](C)[C@@H](O[C@@H]2O[C@H](C)C[C@H](N(C)CCc3cn([C@@H](CF)COS(=O)(=O)c4ccc(C)cc4)nn3)[C@H]2O)[C@](C)(O)C[C@@H](C)CN(C)[C@H](C)[C@@H](O)[C@]1(C)O. The summed E-state index contributed by atoms with van der Waals surface area (Å²) in [6.45, 7) is 18.3. The van der Waals surface area contributed by atoms with E-state index in [2.05, 4.69) is 10.3 Å². The lowest BCUT2D eigenvalue weighted by atomic mass is 9.77. The lowest BCUT2D eigenvalue weighted by Gasteiger charge is -2.49. The molecule has 3 aliphatic heterocycles. The summed E-state index contributed by atoms with van der Waals surface area (Å²) in [5.74, 6) is -2.96. The molecule has 0 bridgehead atoms. The quantitative estimate of drug-likeness (QED) is 0.119. The number of likely N-dealkylation sites (N-methyl/N-ethyl adjacent to an activating group) is 2. The number of aromatic nitrogens is 3. The molecular weight excluding hydrogens is 974 g/mol. The van der Waals surface area contributed by atoms with E-state index in [1.165, 1.54) is 37.0 Å². The molecule has 73 heavy (non-hydrogen) atoms. The summed E-state index contributed by atoms with van der Waals surface area (Å²) in [4.78, 5) is 18.3. The van der Waals surface area contributed by atoms with Crippen LogP contribution in [0.3, 0.4) is 0 Å². The highest BCUT2D eigenvalue weighted by Crippen LogP contribution is 2.40. The van der Waals surface area contributed by atoms with E-state index in [0.29, 0.717) is 31.6 Å². The van der Waals surface area contributed by atoms with Crippen molar-refractivity contribution in [3.8, 4) is 0 Å². The summed E-state index contributed by atoms with van der Waals surface area (Å²) in [7, 11) is 0.968. The van der Waals surface area contributed by atoms with Crippen LogP contribution in [-0.2, 0) is 53.9 Å². The Kier molecular flexibility index (Phi) is 21.0. The molecule has 0 spiro atoms. The van der Waals surface area contributed by atoms with Gasteiger partial charge in [0.05, 0.1) is 58.7 Å². The molecule has 1 aromatic carbocycles. The first kappa shape index (κ1) is 61.0. The van der Waals surface area contributed by atoms with E-state index in [1.807, 2.05) is 44.7 Å². The van der Waals surface area contributed by atoms with Crippen LogP contribution in [0.1, 0.15) is 112 Å². The zero-order valence-corrected chi connectivity index (χ0v) is 46.1. The minimum Gasteiger partial charge on any atom is -0.459 e. The van der Waals surface area contributed by atoms with Crippen molar-refractivity contribution in [2.24, 2.45) is 17.8 Å². The molecule has 2 aromatic rings. The van der Waals surface area contributed by atoms with Crippen LogP contribution in [0.4, 0.5) is 4.39 Å². The summed E-state index contributed by atoms with van der Waals surface area (Å²) in [6.07, 6.45) is -7.95. The number of aliphatic hydroxyl groups is 5. The molecule has 3 aliphatic rings. The van der Waals surface area contributed by atoms with Crippen molar-refractivity contribution in [3.63, 3.8) is 0 Å². The van der Waals surface area contributed by atoms with Gasteiger partial charge in [0.2, 0.25) is 0 Å². The Bertz CT molecular complexity index is 2170. The maximum absolute atomic E-state index is 14.5. The molecule has 0 saturated carbocycles. The van der Waals surface area contributed by atoms with Gasteiger partial charge in [0.25, 0.3) is 10.1 Å². The lowest BCUT2D eigenvalue weighted by Crippen LogP contribution is -2.61. The molecular formula is C51H86FN5O15S. The number of hydrogen-bond acceptors (Lipinski definition) is 19. The Morgan fingerprint density at radius 3 is 2.26 bits per heavy atom. The van der Waals surface area contributed by atoms with Gasteiger partial charge in [-0.05, 0) is 107 Å². The van der Waals surface area contributed by atoms with Crippen molar-refractivity contribution in [3.05, 3.63) is 41.7 Å². The number of ether oxygens (including phenoxy) is 6. The van der Waals surface area contributed by atoms with Gasteiger partial charge in [-0.3, -0.25) is 8.98 Å². The summed E-state index contributed by atoms with van der Waals surface area (Å²) in [6, 6.07) is 3.92. The first-order chi connectivity index (χ1) is 34.0. The Morgan fingerprint density at radius 2 is 1.64 bits per heavy atom. The van der Waals surface area contributed by atoms with Crippen molar-refractivity contribution >= 4 is 16.1 Å². The zero-order chi connectivity index (χ0) is 54.5. The molecule has 4 heterocycles. The first-order valence-electron chi connectivity index (χ1n) is 25.7. The maximum atomic E-state index is 14.5. The normalized spacial score (nSPS) is 39.4. The minimum atomic E-state index is -4.15. The Morgan fingerprint density at radius 1 is 0.986 bits per heavy atom. The van der Waals surface area contributed by atoms with Crippen molar-refractivity contribution in [1.29, 1.82) is 0 Å². The minimum absolute atomic E-state index is 0.0458. The number of aliphatic hydroxyl groups excluding tert-OH is 3. The number of esters is 1. The number of carbonyl (C=O) groups excluding carboxylic acids is 1. The monoisotopic (exact) mass is 1060 g/mol. The van der Waals surface area contributed by atoms with Gasteiger partial charge in [-0.15, -0.1) is 5.10 Å². The maximum Gasteiger partial charge on any atom is 0.311 e. The van der Waals surface area contributed by atoms with Crippen molar-refractivity contribution in [2.45, 2.75) is 210 Å². The highest BCUT2D eigenvalue weighted by molar-refractivity contribution is 7.86. The number of alkyl halides is 1. The largest absolute Gasteiger partial charge is 0.459 e. The number of carbonyl (C=O) groups is 1.